The minimum atomic E-state index is -1.36. The number of rotatable bonds is 15. The van der Waals surface area contributed by atoms with Crippen molar-refractivity contribution in [1.82, 2.24) is 0 Å². The van der Waals surface area contributed by atoms with Crippen LogP contribution in [0.3, 0.4) is 0 Å². The van der Waals surface area contributed by atoms with Crippen molar-refractivity contribution in [1.29, 1.82) is 0 Å². The zero-order valence-corrected chi connectivity index (χ0v) is 23.6. The maximum Gasteiger partial charge on any atom is 0.119 e. The van der Waals surface area contributed by atoms with Gasteiger partial charge in [-0.1, -0.05) is 150 Å². The van der Waals surface area contributed by atoms with E-state index in [9.17, 15) is 0 Å². The number of benzene rings is 3. The van der Waals surface area contributed by atoms with Gasteiger partial charge in [0.05, 0.1) is 14.7 Å². The Bertz CT molecular complexity index is 969. The molecular weight excluding hydrogens is 440 g/mol. The van der Waals surface area contributed by atoms with Gasteiger partial charge in [0.1, 0.15) is 5.75 Å². The quantitative estimate of drug-likeness (QED) is 0.153. The summed E-state index contributed by atoms with van der Waals surface area (Å²) in [5.41, 5.74) is 5.09. The van der Waals surface area contributed by atoms with Crippen molar-refractivity contribution in [3.8, 4) is 28.0 Å². The summed E-state index contributed by atoms with van der Waals surface area (Å²) in [6, 6.07) is 31.3. The summed E-state index contributed by atoms with van der Waals surface area (Å²) in [7, 11) is -1.36. The molecule has 188 valence electrons. The fraction of sp³-hybridized carbons (Fsp3) is 0.455. The van der Waals surface area contributed by atoms with E-state index in [0.717, 1.165) is 18.8 Å². The second-order valence-electron chi connectivity index (χ2n) is 10.0. The Morgan fingerprint density at radius 3 is 1.46 bits per heavy atom. The van der Waals surface area contributed by atoms with E-state index >= 15 is 0 Å². The molecule has 0 unspecified atom stereocenters. The van der Waals surface area contributed by atoms with E-state index in [2.05, 4.69) is 100 Å². The van der Waals surface area contributed by atoms with Crippen LogP contribution in [0, 0.1) is 0 Å². The lowest BCUT2D eigenvalue weighted by Crippen LogP contribution is -2.46. The first kappa shape index (κ1) is 27.3. The third-order valence-electron chi connectivity index (χ3n) is 7.78. The molecule has 3 rings (SSSR count). The largest absolute Gasteiger partial charge is 0.494 e. The Balaban J connectivity index is 1.64. The predicted octanol–water partition coefficient (Wildman–Crippen LogP) is 9.87. The summed E-state index contributed by atoms with van der Waals surface area (Å²) in [6.07, 6.45) is 9.01. The first-order valence-electron chi connectivity index (χ1n) is 14.1. The first-order chi connectivity index (χ1) is 17.2. The second-order valence-corrected chi connectivity index (χ2v) is 15.1. The molecule has 0 aliphatic rings. The molecule has 1 nitrogen and oxygen atoms in total. The van der Waals surface area contributed by atoms with Crippen LogP contribution < -0.4 is 9.92 Å². The Labute approximate surface area is 216 Å². The molecule has 0 spiro atoms. The smallest absolute Gasteiger partial charge is 0.119 e. The topological polar surface area (TPSA) is 9.23 Å². The molecule has 0 aliphatic carbocycles. The van der Waals surface area contributed by atoms with Gasteiger partial charge in [-0.2, -0.15) is 0 Å². The summed E-state index contributed by atoms with van der Waals surface area (Å²) in [5, 5.41) is 1.65. The molecule has 0 atom stereocenters. The monoisotopic (exact) mass is 486 g/mol. The van der Waals surface area contributed by atoms with Crippen molar-refractivity contribution < 1.29 is 4.74 Å². The van der Waals surface area contributed by atoms with Gasteiger partial charge in [-0.25, -0.2) is 0 Å². The zero-order valence-electron chi connectivity index (χ0n) is 22.6. The van der Waals surface area contributed by atoms with Crippen LogP contribution in [-0.2, 0) is 0 Å². The minimum absolute atomic E-state index is 0.811. The highest BCUT2D eigenvalue weighted by atomic mass is 28.3. The van der Waals surface area contributed by atoms with E-state index < -0.39 is 8.07 Å². The molecule has 0 aliphatic heterocycles. The third kappa shape index (κ3) is 7.58. The standard InChI is InChI=1S/C33H46OSi/c1-5-9-11-12-26-34-32-22-18-30(19-23-32)28-14-16-29(17-15-28)31-20-24-33(25-21-31)35(7-3,8-4)27-13-10-6-2/h14-25H,5-13,26-27H2,1-4H3. The van der Waals surface area contributed by atoms with E-state index in [1.165, 1.54) is 78.9 Å². The maximum absolute atomic E-state index is 5.90. The Kier molecular flexibility index (Phi) is 11.1. The van der Waals surface area contributed by atoms with Gasteiger partial charge in [0.15, 0.2) is 0 Å². The van der Waals surface area contributed by atoms with Crippen LogP contribution in [0.2, 0.25) is 18.1 Å². The fourth-order valence-corrected chi connectivity index (χ4v) is 9.32. The molecule has 3 aromatic rings. The lowest BCUT2D eigenvalue weighted by atomic mass is 10.0. The summed E-state index contributed by atoms with van der Waals surface area (Å²) >= 11 is 0. The van der Waals surface area contributed by atoms with Gasteiger partial charge in [0, 0.05) is 0 Å². The van der Waals surface area contributed by atoms with Crippen molar-refractivity contribution in [2.75, 3.05) is 6.61 Å². The molecule has 0 saturated carbocycles. The average molecular weight is 487 g/mol. The van der Waals surface area contributed by atoms with Crippen molar-refractivity contribution >= 4 is 13.3 Å². The Morgan fingerprint density at radius 1 is 0.514 bits per heavy atom. The predicted molar refractivity (Wildman–Crippen MR) is 158 cm³/mol. The summed E-state index contributed by atoms with van der Waals surface area (Å²) in [6.45, 7) is 10.2. The SMILES string of the molecule is CCCCCCOc1ccc(-c2ccc(-c3ccc([Si](CC)(CC)CCCCC)cc3)cc2)cc1. The van der Waals surface area contributed by atoms with Crippen LogP contribution in [0.15, 0.2) is 72.8 Å². The molecule has 3 aromatic carbocycles. The normalized spacial score (nSPS) is 11.5. The van der Waals surface area contributed by atoms with Crippen LogP contribution in [0.4, 0.5) is 0 Å². The van der Waals surface area contributed by atoms with Gasteiger partial charge in [-0.3, -0.25) is 0 Å². The molecule has 0 radical (unpaired) electrons. The molecule has 0 amide bonds. The van der Waals surface area contributed by atoms with E-state index in [-0.39, 0.29) is 0 Å². The number of ether oxygens (including phenoxy) is 1. The van der Waals surface area contributed by atoms with Crippen LogP contribution in [0.1, 0.15) is 72.6 Å². The van der Waals surface area contributed by atoms with E-state index in [0.29, 0.717) is 0 Å². The lowest BCUT2D eigenvalue weighted by molar-refractivity contribution is 0.305. The minimum Gasteiger partial charge on any atom is -0.494 e. The highest BCUT2D eigenvalue weighted by Gasteiger charge is 2.30. The zero-order chi connectivity index (χ0) is 24.9. The molecule has 0 fully saturated rings. The fourth-order valence-electron chi connectivity index (χ4n) is 5.20. The third-order valence-corrected chi connectivity index (χ3v) is 13.4. The summed E-state index contributed by atoms with van der Waals surface area (Å²) < 4.78 is 5.90. The van der Waals surface area contributed by atoms with Gasteiger partial charge >= 0.3 is 0 Å². The van der Waals surface area contributed by atoms with E-state index in [1.54, 1.807) is 5.19 Å². The highest BCUT2D eigenvalue weighted by Crippen LogP contribution is 2.28. The summed E-state index contributed by atoms with van der Waals surface area (Å²) in [5.74, 6) is 0.968. The molecule has 0 heterocycles. The Hall–Kier alpha value is -2.32. The highest BCUT2D eigenvalue weighted by molar-refractivity contribution is 6.91. The first-order valence-corrected chi connectivity index (χ1v) is 16.7. The average Bonchev–Trinajstić information content (AvgIpc) is 2.92. The molecule has 0 saturated heterocycles. The van der Waals surface area contributed by atoms with Gasteiger partial charge in [0.25, 0.3) is 0 Å². The van der Waals surface area contributed by atoms with Crippen molar-refractivity contribution in [3.63, 3.8) is 0 Å². The van der Waals surface area contributed by atoms with Gasteiger partial charge in [-0.05, 0) is 40.8 Å². The lowest BCUT2D eigenvalue weighted by Gasteiger charge is -2.30. The number of unbranched alkanes of at least 4 members (excludes halogenated alkanes) is 5. The van der Waals surface area contributed by atoms with Gasteiger partial charge in [-0.15, -0.1) is 0 Å². The van der Waals surface area contributed by atoms with Crippen LogP contribution in [-0.4, -0.2) is 14.7 Å². The summed E-state index contributed by atoms with van der Waals surface area (Å²) in [4.78, 5) is 0. The molecule has 0 bridgehead atoms. The molecule has 35 heavy (non-hydrogen) atoms. The number of hydrogen-bond acceptors (Lipinski definition) is 1. The van der Waals surface area contributed by atoms with Gasteiger partial charge in [0.2, 0.25) is 0 Å². The van der Waals surface area contributed by atoms with E-state index in [4.69, 9.17) is 4.74 Å². The molecule has 0 aromatic heterocycles. The molecule has 2 heteroatoms. The number of hydrogen-bond donors (Lipinski definition) is 0. The maximum atomic E-state index is 5.90. The van der Waals surface area contributed by atoms with Crippen LogP contribution >= 0.6 is 0 Å². The van der Waals surface area contributed by atoms with Crippen LogP contribution in [0.25, 0.3) is 22.3 Å². The van der Waals surface area contributed by atoms with Crippen molar-refractivity contribution in [2.45, 2.75) is 90.8 Å². The van der Waals surface area contributed by atoms with Crippen molar-refractivity contribution in [2.24, 2.45) is 0 Å². The molecular formula is C33H46OSi. The van der Waals surface area contributed by atoms with Crippen LogP contribution in [0.5, 0.6) is 5.75 Å². The molecule has 0 N–H and O–H groups in total. The van der Waals surface area contributed by atoms with Gasteiger partial charge < -0.3 is 4.74 Å². The van der Waals surface area contributed by atoms with E-state index in [1.807, 2.05) is 0 Å². The Morgan fingerprint density at radius 2 is 0.971 bits per heavy atom. The van der Waals surface area contributed by atoms with Crippen molar-refractivity contribution in [3.05, 3.63) is 72.8 Å². The second kappa shape index (κ2) is 14.3.